The molecule has 0 spiro atoms. The van der Waals surface area contributed by atoms with Gasteiger partial charge in [-0.15, -0.1) is 0 Å². The summed E-state index contributed by atoms with van der Waals surface area (Å²) < 4.78 is 33.0. The van der Waals surface area contributed by atoms with E-state index in [1.807, 2.05) is 31.2 Å². The van der Waals surface area contributed by atoms with Crippen LogP contribution in [0.25, 0.3) is 0 Å². The number of hydrogen-bond donors (Lipinski definition) is 2. The van der Waals surface area contributed by atoms with Gasteiger partial charge in [0, 0.05) is 24.8 Å². The Labute approximate surface area is 166 Å². The van der Waals surface area contributed by atoms with Crippen molar-refractivity contribution in [3.8, 4) is 0 Å². The number of sulfonamides is 1. The van der Waals surface area contributed by atoms with Crippen LogP contribution >= 0.6 is 0 Å². The molecule has 0 aliphatic heterocycles. The standard InChI is InChI=1S/C21H26N2O4S/c1-3-27-14-17-7-5-4-6-16(17)13-22-21(24)20-12-19(11-8-15(20)2)28(25,26)23-18-9-10-18/h4-8,11-12,18,23H,3,9-10,13-14H2,1-2H3,(H,22,24). The molecule has 2 N–H and O–H groups in total. The van der Waals surface area contributed by atoms with Crippen LogP contribution in [0.2, 0.25) is 0 Å². The van der Waals surface area contributed by atoms with Crippen molar-refractivity contribution in [3.05, 3.63) is 64.7 Å². The molecule has 0 unspecified atom stereocenters. The number of aryl methyl sites for hydroxylation is 1. The van der Waals surface area contributed by atoms with Crippen LogP contribution < -0.4 is 10.0 Å². The van der Waals surface area contributed by atoms with Crippen molar-refractivity contribution in [1.82, 2.24) is 10.0 Å². The van der Waals surface area contributed by atoms with Crippen LogP contribution in [0.1, 0.15) is 46.8 Å². The Morgan fingerprint density at radius 3 is 2.54 bits per heavy atom. The first-order chi connectivity index (χ1) is 13.4. The Bertz CT molecular complexity index is 953. The van der Waals surface area contributed by atoms with Crippen molar-refractivity contribution < 1.29 is 17.9 Å². The summed E-state index contributed by atoms with van der Waals surface area (Å²) in [5.41, 5.74) is 3.08. The van der Waals surface area contributed by atoms with Gasteiger partial charge in [-0.3, -0.25) is 4.79 Å². The lowest BCUT2D eigenvalue weighted by atomic mass is 10.1. The van der Waals surface area contributed by atoms with Crippen molar-refractivity contribution in [3.63, 3.8) is 0 Å². The zero-order chi connectivity index (χ0) is 20.1. The molecule has 0 saturated heterocycles. The molecule has 0 aromatic heterocycles. The highest BCUT2D eigenvalue weighted by Crippen LogP contribution is 2.23. The summed E-state index contributed by atoms with van der Waals surface area (Å²) in [6.07, 6.45) is 1.72. The molecule has 1 amide bonds. The highest BCUT2D eigenvalue weighted by atomic mass is 32.2. The van der Waals surface area contributed by atoms with E-state index in [4.69, 9.17) is 4.74 Å². The van der Waals surface area contributed by atoms with Crippen LogP contribution in [0.15, 0.2) is 47.4 Å². The van der Waals surface area contributed by atoms with E-state index in [9.17, 15) is 13.2 Å². The number of benzene rings is 2. The molecule has 7 heteroatoms. The monoisotopic (exact) mass is 402 g/mol. The van der Waals surface area contributed by atoms with Gasteiger partial charge in [-0.1, -0.05) is 30.3 Å². The van der Waals surface area contributed by atoms with E-state index in [1.54, 1.807) is 13.0 Å². The molecule has 28 heavy (non-hydrogen) atoms. The Kier molecular flexibility index (Phi) is 6.49. The number of carbonyl (C=O) groups excluding carboxylic acids is 1. The number of ether oxygens (including phenoxy) is 1. The van der Waals surface area contributed by atoms with Gasteiger partial charge < -0.3 is 10.1 Å². The number of carbonyl (C=O) groups is 1. The first-order valence-electron chi connectivity index (χ1n) is 9.46. The van der Waals surface area contributed by atoms with Gasteiger partial charge in [0.2, 0.25) is 10.0 Å². The maximum atomic E-state index is 12.7. The third-order valence-electron chi connectivity index (χ3n) is 4.68. The Hall–Kier alpha value is -2.22. The highest BCUT2D eigenvalue weighted by Gasteiger charge is 2.28. The van der Waals surface area contributed by atoms with Gasteiger partial charge in [-0.05, 0) is 55.5 Å². The molecule has 0 atom stereocenters. The number of amides is 1. The van der Waals surface area contributed by atoms with Gasteiger partial charge in [0.1, 0.15) is 0 Å². The summed E-state index contributed by atoms with van der Waals surface area (Å²) in [5, 5.41) is 2.89. The van der Waals surface area contributed by atoms with Crippen LogP contribution in [0.4, 0.5) is 0 Å². The predicted molar refractivity (Wildman–Crippen MR) is 107 cm³/mol. The van der Waals surface area contributed by atoms with Gasteiger partial charge in [-0.2, -0.15) is 0 Å². The van der Waals surface area contributed by atoms with E-state index >= 15 is 0 Å². The Morgan fingerprint density at radius 2 is 1.86 bits per heavy atom. The fourth-order valence-corrected chi connectivity index (χ4v) is 4.19. The molecule has 0 heterocycles. The van der Waals surface area contributed by atoms with Crippen molar-refractivity contribution in [2.24, 2.45) is 0 Å². The topological polar surface area (TPSA) is 84.5 Å². The van der Waals surface area contributed by atoms with Gasteiger partial charge in [0.05, 0.1) is 11.5 Å². The fraction of sp³-hybridized carbons (Fsp3) is 0.381. The van der Waals surface area contributed by atoms with E-state index < -0.39 is 10.0 Å². The molecule has 150 valence electrons. The first-order valence-corrected chi connectivity index (χ1v) is 10.9. The Balaban J connectivity index is 1.73. The highest BCUT2D eigenvalue weighted by molar-refractivity contribution is 7.89. The van der Waals surface area contributed by atoms with Crippen molar-refractivity contribution in [2.75, 3.05) is 6.61 Å². The quantitative estimate of drug-likeness (QED) is 0.675. The largest absolute Gasteiger partial charge is 0.377 e. The summed E-state index contributed by atoms with van der Waals surface area (Å²) in [5.74, 6) is -0.299. The normalized spacial score (nSPS) is 14.1. The molecule has 3 rings (SSSR count). The van der Waals surface area contributed by atoms with Crippen LogP contribution in [0.3, 0.4) is 0 Å². The summed E-state index contributed by atoms with van der Waals surface area (Å²) in [4.78, 5) is 12.8. The van der Waals surface area contributed by atoms with Crippen molar-refractivity contribution in [2.45, 2.75) is 50.8 Å². The lowest BCUT2D eigenvalue weighted by Gasteiger charge is -2.13. The minimum absolute atomic E-state index is 0.0189. The third kappa shape index (κ3) is 5.19. The zero-order valence-electron chi connectivity index (χ0n) is 16.2. The van der Waals surface area contributed by atoms with Crippen molar-refractivity contribution in [1.29, 1.82) is 0 Å². The second kappa shape index (κ2) is 8.86. The molecule has 2 aromatic carbocycles. The molecule has 6 nitrogen and oxygen atoms in total. The number of hydrogen-bond acceptors (Lipinski definition) is 4. The molecule has 0 radical (unpaired) electrons. The summed E-state index contributed by atoms with van der Waals surface area (Å²) in [6, 6.07) is 12.4. The minimum Gasteiger partial charge on any atom is -0.377 e. The van der Waals surface area contributed by atoms with Crippen LogP contribution in [0, 0.1) is 6.92 Å². The Morgan fingerprint density at radius 1 is 1.14 bits per heavy atom. The SMILES string of the molecule is CCOCc1ccccc1CNC(=O)c1cc(S(=O)(=O)NC2CC2)ccc1C. The van der Waals surface area contributed by atoms with E-state index in [1.165, 1.54) is 12.1 Å². The molecule has 1 fully saturated rings. The van der Waals surface area contributed by atoms with E-state index in [0.29, 0.717) is 25.3 Å². The van der Waals surface area contributed by atoms with E-state index in [2.05, 4.69) is 10.0 Å². The van der Waals surface area contributed by atoms with E-state index in [-0.39, 0.29) is 16.8 Å². The van der Waals surface area contributed by atoms with Gasteiger partial charge in [0.15, 0.2) is 0 Å². The molecular formula is C21H26N2O4S. The lowest BCUT2D eigenvalue weighted by molar-refractivity contribution is 0.0949. The van der Waals surface area contributed by atoms with Gasteiger partial charge >= 0.3 is 0 Å². The van der Waals surface area contributed by atoms with Crippen molar-refractivity contribution >= 4 is 15.9 Å². The maximum Gasteiger partial charge on any atom is 0.251 e. The minimum atomic E-state index is -3.60. The predicted octanol–water partition coefficient (Wildman–Crippen LogP) is 2.90. The number of nitrogens with one attached hydrogen (secondary N) is 2. The molecule has 2 aromatic rings. The molecular weight excluding hydrogens is 376 g/mol. The molecule has 1 aliphatic carbocycles. The third-order valence-corrected chi connectivity index (χ3v) is 6.20. The van der Waals surface area contributed by atoms with Gasteiger partial charge in [0.25, 0.3) is 5.91 Å². The number of rotatable bonds is 9. The van der Waals surface area contributed by atoms with Crippen LogP contribution in [-0.4, -0.2) is 27.0 Å². The average molecular weight is 403 g/mol. The zero-order valence-corrected chi connectivity index (χ0v) is 17.0. The van der Waals surface area contributed by atoms with E-state index in [0.717, 1.165) is 29.5 Å². The van der Waals surface area contributed by atoms with Gasteiger partial charge in [-0.25, -0.2) is 13.1 Å². The maximum absolute atomic E-state index is 12.7. The summed E-state index contributed by atoms with van der Waals surface area (Å²) >= 11 is 0. The summed E-state index contributed by atoms with van der Waals surface area (Å²) in [7, 11) is -3.60. The first kappa shape index (κ1) is 20.5. The summed E-state index contributed by atoms with van der Waals surface area (Å²) in [6.45, 7) is 5.19. The lowest BCUT2D eigenvalue weighted by Crippen LogP contribution is -2.27. The fourth-order valence-electron chi connectivity index (χ4n) is 2.86. The second-order valence-electron chi connectivity index (χ2n) is 6.96. The smallest absolute Gasteiger partial charge is 0.251 e. The second-order valence-corrected chi connectivity index (χ2v) is 8.67. The average Bonchev–Trinajstić information content (AvgIpc) is 3.48. The van der Waals surface area contributed by atoms with Crippen LogP contribution in [-0.2, 0) is 27.9 Å². The molecule has 0 bridgehead atoms. The van der Waals surface area contributed by atoms with Crippen LogP contribution in [0.5, 0.6) is 0 Å². The molecule has 1 saturated carbocycles. The molecule has 1 aliphatic rings.